The summed E-state index contributed by atoms with van der Waals surface area (Å²) in [6.45, 7) is 2.42. The van der Waals surface area contributed by atoms with Crippen molar-refractivity contribution in [2.45, 2.75) is 44.7 Å². The van der Waals surface area contributed by atoms with Crippen LogP contribution in [-0.4, -0.2) is 41.0 Å². The van der Waals surface area contributed by atoms with Crippen LogP contribution in [0.1, 0.15) is 43.0 Å². The first-order valence-corrected chi connectivity index (χ1v) is 7.40. The number of hydrogen-bond acceptors (Lipinski definition) is 3. The quantitative estimate of drug-likeness (QED) is 0.869. The van der Waals surface area contributed by atoms with E-state index in [4.69, 9.17) is 0 Å². The first-order valence-electron chi connectivity index (χ1n) is 7.40. The molecule has 2 unspecified atom stereocenters. The van der Waals surface area contributed by atoms with E-state index in [0.717, 1.165) is 37.8 Å². The van der Waals surface area contributed by atoms with E-state index in [1.165, 1.54) is 6.07 Å². The second-order valence-electron chi connectivity index (χ2n) is 5.59. The van der Waals surface area contributed by atoms with E-state index in [1.807, 2.05) is 4.90 Å². The Balaban J connectivity index is 2.20. The number of halogens is 2. The molecular formula is C16H21F2NO2. The molecule has 1 aromatic rings. The van der Waals surface area contributed by atoms with Crippen LogP contribution < -0.4 is 0 Å². The van der Waals surface area contributed by atoms with Crippen molar-refractivity contribution in [1.82, 2.24) is 4.90 Å². The number of carbonyl (C=O) groups is 1. The summed E-state index contributed by atoms with van der Waals surface area (Å²) in [4.78, 5) is 14.4. The first kappa shape index (κ1) is 16.0. The Labute approximate surface area is 123 Å². The number of rotatable bonds is 4. The molecule has 1 fully saturated rings. The average molecular weight is 297 g/mol. The molecule has 0 amide bonds. The standard InChI is InChI=1S/C16H21F2NO2/c1-11(19-8-4-2-3-5-13(19)10-20)16(21)14-7-6-12(17)9-15(14)18/h6-7,9,11,13,20H,2-5,8,10H2,1H3. The molecule has 1 aliphatic heterocycles. The molecule has 3 nitrogen and oxygen atoms in total. The van der Waals surface area contributed by atoms with Gasteiger partial charge in [0.2, 0.25) is 0 Å². The highest BCUT2D eigenvalue weighted by atomic mass is 19.1. The van der Waals surface area contributed by atoms with Crippen molar-refractivity contribution in [1.29, 1.82) is 0 Å². The lowest BCUT2D eigenvalue weighted by molar-refractivity contribution is 0.0647. The van der Waals surface area contributed by atoms with Crippen molar-refractivity contribution in [3.8, 4) is 0 Å². The highest BCUT2D eigenvalue weighted by Crippen LogP contribution is 2.22. The predicted octanol–water partition coefficient (Wildman–Crippen LogP) is 2.77. The summed E-state index contributed by atoms with van der Waals surface area (Å²) in [5, 5.41) is 9.50. The Morgan fingerprint density at radius 1 is 1.38 bits per heavy atom. The van der Waals surface area contributed by atoms with Crippen molar-refractivity contribution in [3.05, 3.63) is 35.4 Å². The van der Waals surface area contributed by atoms with Gasteiger partial charge < -0.3 is 5.11 Å². The van der Waals surface area contributed by atoms with Crippen LogP contribution in [0.15, 0.2) is 18.2 Å². The first-order chi connectivity index (χ1) is 10.0. The summed E-state index contributed by atoms with van der Waals surface area (Å²) < 4.78 is 26.7. The van der Waals surface area contributed by atoms with Gasteiger partial charge in [-0.05, 0) is 38.4 Å². The van der Waals surface area contributed by atoms with E-state index >= 15 is 0 Å². The molecule has 21 heavy (non-hydrogen) atoms. The number of Topliss-reactive ketones (excluding diaryl/α,β-unsaturated/α-hetero) is 1. The molecule has 0 aromatic heterocycles. The molecule has 1 aliphatic rings. The molecule has 5 heteroatoms. The van der Waals surface area contributed by atoms with Crippen LogP contribution in [-0.2, 0) is 0 Å². The van der Waals surface area contributed by atoms with Gasteiger partial charge in [0.25, 0.3) is 0 Å². The van der Waals surface area contributed by atoms with Crippen LogP contribution in [0.3, 0.4) is 0 Å². The second kappa shape index (κ2) is 7.09. The maximum atomic E-state index is 13.8. The summed E-state index contributed by atoms with van der Waals surface area (Å²) in [5.74, 6) is -1.89. The summed E-state index contributed by atoms with van der Waals surface area (Å²) in [6.07, 6.45) is 3.88. The van der Waals surface area contributed by atoms with Crippen molar-refractivity contribution in [2.24, 2.45) is 0 Å². The second-order valence-corrected chi connectivity index (χ2v) is 5.59. The predicted molar refractivity (Wildman–Crippen MR) is 76.2 cm³/mol. The topological polar surface area (TPSA) is 40.5 Å². The summed E-state index contributed by atoms with van der Waals surface area (Å²) >= 11 is 0. The fraction of sp³-hybridized carbons (Fsp3) is 0.562. The molecule has 116 valence electrons. The molecule has 0 saturated carbocycles. The van der Waals surface area contributed by atoms with Gasteiger partial charge in [0, 0.05) is 12.1 Å². The third kappa shape index (κ3) is 3.66. The summed E-state index contributed by atoms with van der Waals surface area (Å²) in [6, 6.07) is 2.41. The van der Waals surface area contributed by atoms with Gasteiger partial charge in [-0.25, -0.2) is 8.78 Å². The molecule has 1 N–H and O–H groups in total. The Bertz CT molecular complexity index is 507. The largest absolute Gasteiger partial charge is 0.395 e. The molecule has 1 aromatic carbocycles. The maximum absolute atomic E-state index is 13.8. The zero-order chi connectivity index (χ0) is 15.4. The molecule has 2 atom stereocenters. The number of nitrogens with zero attached hydrogens (tertiary/aromatic N) is 1. The number of benzene rings is 1. The van der Waals surface area contributed by atoms with Crippen LogP contribution in [0.5, 0.6) is 0 Å². The van der Waals surface area contributed by atoms with E-state index in [2.05, 4.69) is 0 Å². The monoisotopic (exact) mass is 297 g/mol. The highest BCUT2D eigenvalue weighted by molar-refractivity contribution is 6.00. The van der Waals surface area contributed by atoms with Gasteiger partial charge in [0.05, 0.1) is 18.2 Å². The molecule has 1 heterocycles. The minimum Gasteiger partial charge on any atom is -0.395 e. The van der Waals surface area contributed by atoms with Crippen LogP contribution in [0.25, 0.3) is 0 Å². The number of ketones is 1. The van der Waals surface area contributed by atoms with E-state index in [0.29, 0.717) is 6.54 Å². The molecule has 1 saturated heterocycles. The van der Waals surface area contributed by atoms with Gasteiger partial charge in [-0.2, -0.15) is 0 Å². The average Bonchev–Trinajstić information content (AvgIpc) is 2.71. The van der Waals surface area contributed by atoms with E-state index < -0.39 is 17.7 Å². The SMILES string of the molecule is CC(C(=O)c1ccc(F)cc1F)N1CCCCCC1CO. The van der Waals surface area contributed by atoms with Crippen LogP contribution in [0, 0.1) is 11.6 Å². The van der Waals surface area contributed by atoms with Crippen molar-refractivity contribution in [3.63, 3.8) is 0 Å². The van der Waals surface area contributed by atoms with E-state index in [9.17, 15) is 18.7 Å². The van der Waals surface area contributed by atoms with Gasteiger partial charge in [0.15, 0.2) is 5.78 Å². The molecule has 0 bridgehead atoms. The third-order valence-electron chi connectivity index (χ3n) is 4.21. The molecule has 0 spiro atoms. The lowest BCUT2D eigenvalue weighted by Gasteiger charge is -2.33. The van der Waals surface area contributed by atoms with Gasteiger partial charge in [-0.1, -0.05) is 12.8 Å². The highest BCUT2D eigenvalue weighted by Gasteiger charge is 2.30. The van der Waals surface area contributed by atoms with Gasteiger partial charge in [-0.3, -0.25) is 9.69 Å². The lowest BCUT2D eigenvalue weighted by Crippen LogP contribution is -2.47. The van der Waals surface area contributed by atoms with Crippen molar-refractivity contribution >= 4 is 5.78 Å². The van der Waals surface area contributed by atoms with E-state index in [1.54, 1.807) is 6.92 Å². The smallest absolute Gasteiger partial charge is 0.182 e. The molecule has 0 radical (unpaired) electrons. The van der Waals surface area contributed by atoms with E-state index in [-0.39, 0.29) is 24.0 Å². The minimum atomic E-state index is -0.831. The van der Waals surface area contributed by atoms with Crippen LogP contribution in [0.2, 0.25) is 0 Å². The third-order valence-corrected chi connectivity index (χ3v) is 4.21. The number of aliphatic hydroxyl groups is 1. The van der Waals surface area contributed by atoms with Gasteiger partial charge in [-0.15, -0.1) is 0 Å². The number of aliphatic hydroxyl groups excluding tert-OH is 1. The summed E-state index contributed by atoms with van der Waals surface area (Å²) in [7, 11) is 0. The Hall–Kier alpha value is -1.33. The Morgan fingerprint density at radius 3 is 2.81 bits per heavy atom. The zero-order valence-electron chi connectivity index (χ0n) is 12.2. The zero-order valence-corrected chi connectivity index (χ0v) is 12.2. The normalized spacial score (nSPS) is 21.8. The van der Waals surface area contributed by atoms with Gasteiger partial charge in [0.1, 0.15) is 11.6 Å². The van der Waals surface area contributed by atoms with Crippen molar-refractivity contribution < 1.29 is 18.7 Å². The van der Waals surface area contributed by atoms with Gasteiger partial charge >= 0.3 is 0 Å². The Kier molecular flexibility index (Phi) is 5.42. The summed E-state index contributed by atoms with van der Waals surface area (Å²) in [5.41, 5.74) is -0.0927. The van der Waals surface area contributed by atoms with Crippen LogP contribution >= 0.6 is 0 Å². The maximum Gasteiger partial charge on any atom is 0.182 e. The number of likely N-dealkylation sites (tertiary alicyclic amines) is 1. The number of carbonyl (C=O) groups excluding carboxylic acids is 1. The van der Waals surface area contributed by atoms with Crippen LogP contribution in [0.4, 0.5) is 8.78 Å². The minimum absolute atomic E-state index is 0.0104. The number of hydrogen-bond donors (Lipinski definition) is 1. The molecule has 0 aliphatic carbocycles. The fourth-order valence-electron chi connectivity index (χ4n) is 2.97. The lowest BCUT2D eigenvalue weighted by atomic mass is 10.0. The fourth-order valence-corrected chi connectivity index (χ4v) is 2.97. The molecule has 2 rings (SSSR count). The Morgan fingerprint density at radius 2 is 2.14 bits per heavy atom. The molecular weight excluding hydrogens is 276 g/mol. The van der Waals surface area contributed by atoms with Crippen molar-refractivity contribution in [2.75, 3.05) is 13.2 Å².